The largest absolute Gasteiger partial charge is 0.352 e. The van der Waals surface area contributed by atoms with Gasteiger partial charge in [-0.25, -0.2) is 13.2 Å². The molecule has 1 fully saturated rings. The molecule has 2 rings (SSSR count). The van der Waals surface area contributed by atoms with Crippen LogP contribution in [0.4, 0.5) is 13.2 Å². The zero-order valence-electron chi connectivity index (χ0n) is 15.6. The molecule has 1 aromatic rings. The first-order valence-corrected chi connectivity index (χ1v) is 8.45. The van der Waals surface area contributed by atoms with E-state index >= 15 is 0 Å². The van der Waals surface area contributed by atoms with Crippen LogP contribution >= 0.6 is 0 Å². The van der Waals surface area contributed by atoms with E-state index in [1.165, 1.54) is 0 Å². The Morgan fingerprint density at radius 3 is 2.30 bits per heavy atom. The number of carbonyl (C=O) groups excluding carboxylic acids is 2. The van der Waals surface area contributed by atoms with E-state index in [0.29, 0.717) is 18.7 Å². The van der Waals surface area contributed by atoms with Crippen molar-refractivity contribution >= 4 is 11.8 Å². The molecular formula is C18H23F3N2O4. The second-order valence-electron chi connectivity index (χ2n) is 7.47. The molecule has 6 nitrogen and oxygen atoms in total. The summed E-state index contributed by atoms with van der Waals surface area (Å²) >= 11 is 0. The number of amides is 2. The summed E-state index contributed by atoms with van der Waals surface area (Å²) in [5.74, 6) is -6.05. The minimum Gasteiger partial charge on any atom is -0.352 e. The molecule has 0 saturated carbocycles. The highest BCUT2D eigenvalue weighted by atomic mass is 19.2. The topological polar surface area (TPSA) is 76.7 Å². The minimum atomic E-state index is -1.38. The first kappa shape index (κ1) is 21.2. The lowest BCUT2D eigenvalue weighted by atomic mass is 9.85. The standard InChI is InChI=1S/C18H23F3N2O4/c1-17(2)9-26-18(3,4)27-14(17)16(25)23-6-5-22-15(24)10-7-12(20)13(21)8-11(10)19/h7-8,14H,5-6,9H2,1-4H3,(H,22,24)(H,23,25). The normalized spacial score (nSPS) is 20.8. The van der Waals surface area contributed by atoms with Crippen molar-refractivity contribution in [2.24, 2.45) is 5.41 Å². The van der Waals surface area contributed by atoms with Gasteiger partial charge >= 0.3 is 0 Å². The number of carbonyl (C=O) groups is 2. The predicted molar refractivity (Wildman–Crippen MR) is 90.3 cm³/mol. The van der Waals surface area contributed by atoms with E-state index in [9.17, 15) is 22.8 Å². The summed E-state index contributed by atoms with van der Waals surface area (Å²) < 4.78 is 50.8. The number of hydrogen-bond acceptors (Lipinski definition) is 4. The molecule has 2 N–H and O–H groups in total. The van der Waals surface area contributed by atoms with Crippen molar-refractivity contribution in [3.8, 4) is 0 Å². The van der Waals surface area contributed by atoms with Crippen molar-refractivity contribution < 1.29 is 32.2 Å². The van der Waals surface area contributed by atoms with Gasteiger partial charge in [0.2, 0.25) is 5.91 Å². The Bertz CT molecular complexity index is 738. The van der Waals surface area contributed by atoms with Crippen LogP contribution in [0.3, 0.4) is 0 Å². The van der Waals surface area contributed by atoms with Gasteiger partial charge in [-0.3, -0.25) is 9.59 Å². The molecule has 150 valence electrons. The van der Waals surface area contributed by atoms with Gasteiger partial charge in [0.25, 0.3) is 5.91 Å². The van der Waals surface area contributed by atoms with E-state index in [1.54, 1.807) is 13.8 Å². The highest BCUT2D eigenvalue weighted by Crippen LogP contribution is 2.34. The van der Waals surface area contributed by atoms with E-state index in [0.717, 1.165) is 0 Å². The lowest BCUT2D eigenvalue weighted by Gasteiger charge is -2.44. The van der Waals surface area contributed by atoms with Crippen molar-refractivity contribution in [1.82, 2.24) is 10.6 Å². The summed E-state index contributed by atoms with van der Waals surface area (Å²) in [6.45, 7) is 7.44. The Balaban J connectivity index is 1.86. The van der Waals surface area contributed by atoms with Crippen LogP contribution in [0.5, 0.6) is 0 Å². The average molecular weight is 388 g/mol. The summed E-state index contributed by atoms with van der Waals surface area (Å²) in [5, 5.41) is 4.96. The smallest absolute Gasteiger partial charge is 0.254 e. The summed E-state index contributed by atoms with van der Waals surface area (Å²) in [5.41, 5.74) is -1.16. The van der Waals surface area contributed by atoms with Crippen molar-refractivity contribution in [1.29, 1.82) is 0 Å². The third kappa shape index (κ3) is 5.20. The fraction of sp³-hybridized carbons (Fsp3) is 0.556. The minimum absolute atomic E-state index is 0.0317. The van der Waals surface area contributed by atoms with Crippen molar-refractivity contribution in [2.45, 2.75) is 39.6 Å². The number of rotatable bonds is 5. The van der Waals surface area contributed by atoms with Crippen molar-refractivity contribution in [2.75, 3.05) is 19.7 Å². The van der Waals surface area contributed by atoms with Gasteiger partial charge in [-0.1, -0.05) is 13.8 Å². The second kappa shape index (κ2) is 7.85. The van der Waals surface area contributed by atoms with E-state index in [-0.39, 0.29) is 19.0 Å². The Morgan fingerprint density at radius 2 is 1.63 bits per heavy atom. The molecule has 1 saturated heterocycles. The van der Waals surface area contributed by atoms with Crippen LogP contribution < -0.4 is 10.6 Å². The van der Waals surface area contributed by atoms with Crippen molar-refractivity contribution in [3.63, 3.8) is 0 Å². The molecule has 1 unspecified atom stereocenters. The molecule has 1 aromatic carbocycles. The maximum Gasteiger partial charge on any atom is 0.254 e. The SMILES string of the molecule is CC1(C)OCC(C)(C)C(C(=O)NCCNC(=O)c2cc(F)c(F)cc2F)O1. The Kier molecular flexibility index (Phi) is 6.16. The summed E-state index contributed by atoms with van der Waals surface area (Å²) in [4.78, 5) is 24.3. The second-order valence-corrected chi connectivity index (χ2v) is 7.47. The molecule has 27 heavy (non-hydrogen) atoms. The van der Waals surface area contributed by atoms with Crippen LogP contribution in [0, 0.1) is 22.9 Å². The van der Waals surface area contributed by atoms with Gasteiger partial charge in [-0.05, 0) is 19.9 Å². The summed E-state index contributed by atoms with van der Waals surface area (Å²) in [6.07, 6.45) is -0.749. The number of nitrogens with one attached hydrogen (secondary N) is 2. The first-order chi connectivity index (χ1) is 12.4. The molecule has 1 aliphatic rings. The highest BCUT2D eigenvalue weighted by Gasteiger charge is 2.45. The number of hydrogen-bond donors (Lipinski definition) is 2. The van der Waals surface area contributed by atoms with E-state index in [1.807, 2.05) is 13.8 Å². The van der Waals surface area contributed by atoms with E-state index in [2.05, 4.69) is 10.6 Å². The zero-order chi connectivity index (χ0) is 20.4. The Labute approximate surface area is 155 Å². The third-order valence-corrected chi connectivity index (χ3v) is 4.11. The molecule has 0 bridgehead atoms. The third-order valence-electron chi connectivity index (χ3n) is 4.11. The molecular weight excluding hydrogens is 365 g/mol. The average Bonchev–Trinajstić information content (AvgIpc) is 2.57. The summed E-state index contributed by atoms with van der Waals surface area (Å²) in [7, 11) is 0. The van der Waals surface area contributed by atoms with Crippen LogP contribution in [0.2, 0.25) is 0 Å². The number of halogens is 3. The highest BCUT2D eigenvalue weighted by molar-refractivity contribution is 5.94. The molecule has 2 amide bonds. The molecule has 0 radical (unpaired) electrons. The maximum absolute atomic E-state index is 13.6. The zero-order valence-corrected chi connectivity index (χ0v) is 15.6. The lowest BCUT2D eigenvalue weighted by molar-refractivity contribution is -0.304. The van der Waals surface area contributed by atoms with Gasteiger partial charge in [0.15, 0.2) is 17.4 Å². The van der Waals surface area contributed by atoms with Gasteiger partial charge in [0.05, 0.1) is 12.2 Å². The number of benzene rings is 1. The van der Waals surface area contributed by atoms with Gasteiger partial charge < -0.3 is 20.1 Å². The van der Waals surface area contributed by atoms with E-state index in [4.69, 9.17) is 9.47 Å². The van der Waals surface area contributed by atoms with Crippen molar-refractivity contribution in [3.05, 3.63) is 35.1 Å². The predicted octanol–water partition coefficient (Wildman–Crippen LogP) is 2.13. The maximum atomic E-state index is 13.6. The van der Waals surface area contributed by atoms with Crippen LogP contribution in [-0.2, 0) is 14.3 Å². The molecule has 9 heteroatoms. The molecule has 0 aromatic heterocycles. The molecule has 0 aliphatic carbocycles. The summed E-state index contributed by atoms with van der Waals surface area (Å²) in [6, 6.07) is 0.789. The van der Waals surface area contributed by atoms with Gasteiger partial charge in [-0.15, -0.1) is 0 Å². The van der Waals surface area contributed by atoms with Gasteiger partial charge in [-0.2, -0.15) is 0 Å². The Hall–Kier alpha value is -2.13. The van der Waals surface area contributed by atoms with Crippen LogP contribution in [0.25, 0.3) is 0 Å². The quantitative estimate of drug-likeness (QED) is 0.599. The van der Waals surface area contributed by atoms with Gasteiger partial charge in [0, 0.05) is 24.6 Å². The monoisotopic (exact) mass is 388 g/mol. The fourth-order valence-electron chi connectivity index (χ4n) is 2.57. The molecule has 1 heterocycles. The van der Waals surface area contributed by atoms with Crippen LogP contribution in [0.1, 0.15) is 38.1 Å². The van der Waals surface area contributed by atoms with Crippen LogP contribution in [-0.4, -0.2) is 43.4 Å². The number of ether oxygens (including phenoxy) is 2. The van der Waals surface area contributed by atoms with E-state index < -0.39 is 46.2 Å². The molecule has 0 spiro atoms. The first-order valence-electron chi connectivity index (χ1n) is 8.45. The van der Waals surface area contributed by atoms with Crippen LogP contribution in [0.15, 0.2) is 12.1 Å². The Morgan fingerprint density at radius 1 is 1.04 bits per heavy atom. The lowest BCUT2D eigenvalue weighted by Crippen LogP contribution is -2.57. The molecule has 1 atom stereocenters. The fourth-order valence-corrected chi connectivity index (χ4v) is 2.57. The molecule has 1 aliphatic heterocycles. The van der Waals surface area contributed by atoms with Gasteiger partial charge in [0.1, 0.15) is 11.9 Å².